The molecule has 0 radical (unpaired) electrons. The molecule has 5 N–H and O–H groups in total. The molecule has 0 spiro atoms. The van der Waals surface area contributed by atoms with Crippen LogP contribution in [0.15, 0.2) is 30.5 Å². The number of carboxylic acid groups (broad SMARTS) is 1. The number of nitrogen functional groups attached to an aromatic ring is 1. The molecule has 0 bridgehead atoms. The molecule has 0 fully saturated rings. The predicted octanol–water partition coefficient (Wildman–Crippen LogP) is 0.309. The van der Waals surface area contributed by atoms with E-state index in [2.05, 4.69) is 0 Å². The Kier molecular flexibility index (Phi) is 2.54. The lowest BCUT2D eigenvalue weighted by Crippen LogP contribution is -2.32. The van der Waals surface area contributed by atoms with Crippen LogP contribution >= 0.6 is 0 Å². The molecule has 0 aliphatic heterocycles. The highest BCUT2D eigenvalue weighted by Gasteiger charge is 2.15. The first-order chi connectivity index (χ1) is 7.59. The Morgan fingerprint density at radius 1 is 1.44 bits per heavy atom. The van der Waals surface area contributed by atoms with Crippen LogP contribution in [0.2, 0.25) is 0 Å². The standard InChI is InChI=1S/C11H13N3O2/c12-9(11(15)16)5-7-6-14(13)10-4-2-1-3-8(7)10/h1-4,6,9H,5,12-13H2,(H,15,16). The normalized spacial score (nSPS) is 12.8. The number of benzene rings is 1. The third kappa shape index (κ3) is 1.72. The smallest absolute Gasteiger partial charge is 0.320 e. The number of rotatable bonds is 3. The molecule has 1 atom stereocenters. The van der Waals surface area contributed by atoms with Crippen molar-refractivity contribution in [1.82, 2.24) is 4.68 Å². The van der Waals surface area contributed by atoms with Crippen LogP contribution in [-0.2, 0) is 11.2 Å². The molecule has 1 aromatic heterocycles. The minimum Gasteiger partial charge on any atom is -0.480 e. The van der Waals surface area contributed by atoms with E-state index in [4.69, 9.17) is 16.7 Å². The van der Waals surface area contributed by atoms with Crippen LogP contribution in [0.1, 0.15) is 5.56 Å². The number of nitrogens with zero attached hydrogens (tertiary/aromatic N) is 1. The second kappa shape index (κ2) is 3.86. The summed E-state index contributed by atoms with van der Waals surface area (Å²) in [4.78, 5) is 10.7. The van der Waals surface area contributed by atoms with E-state index in [1.54, 1.807) is 6.20 Å². The van der Waals surface area contributed by atoms with Crippen molar-refractivity contribution < 1.29 is 9.90 Å². The van der Waals surface area contributed by atoms with Gasteiger partial charge in [0.15, 0.2) is 0 Å². The van der Waals surface area contributed by atoms with Crippen LogP contribution in [0.5, 0.6) is 0 Å². The number of fused-ring (bicyclic) bond motifs is 1. The molecular formula is C11H13N3O2. The van der Waals surface area contributed by atoms with E-state index in [0.29, 0.717) is 0 Å². The molecule has 0 amide bonds. The maximum Gasteiger partial charge on any atom is 0.320 e. The number of nitrogens with two attached hydrogens (primary N) is 2. The van der Waals surface area contributed by atoms with Crippen molar-refractivity contribution >= 4 is 16.9 Å². The summed E-state index contributed by atoms with van der Waals surface area (Å²) in [6.07, 6.45) is 1.99. The Balaban J connectivity index is 2.42. The molecule has 1 unspecified atom stereocenters. The lowest BCUT2D eigenvalue weighted by Gasteiger charge is -2.04. The highest BCUT2D eigenvalue weighted by Crippen LogP contribution is 2.20. The Hall–Kier alpha value is -2.01. The van der Waals surface area contributed by atoms with Gasteiger partial charge < -0.3 is 16.7 Å². The van der Waals surface area contributed by atoms with E-state index in [-0.39, 0.29) is 6.42 Å². The number of carbonyl (C=O) groups is 1. The fourth-order valence-corrected chi connectivity index (χ4v) is 1.76. The lowest BCUT2D eigenvalue weighted by atomic mass is 10.1. The zero-order valence-corrected chi connectivity index (χ0v) is 8.63. The summed E-state index contributed by atoms with van der Waals surface area (Å²) in [7, 11) is 0. The molecule has 1 aromatic carbocycles. The third-order valence-corrected chi connectivity index (χ3v) is 2.58. The van der Waals surface area contributed by atoms with Gasteiger partial charge in [0.2, 0.25) is 0 Å². The Labute approximate surface area is 92.2 Å². The summed E-state index contributed by atoms with van der Waals surface area (Å²) in [5.41, 5.74) is 7.22. The summed E-state index contributed by atoms with van der Waals surface area (Å²) in [5.74, 6) is 4.75. The highest BCUT2D eigenvalue weighted by molar-refractivity contribution is 5.85. The second-order valence-corrected chi connectivity index (χ2v) is 3.73. The van der Waals surface area contributed by atoms with Crippen molar-refractivity contribution in [1.29, 1.82) is 0 Å². The van der Waals surface area contributed by atoms with Gasteiger partial charge in [-0.1, -0.05) is 18.2 Å². The Morgan fingerprint density at radius 3 is 2.81 bits per heavy atom. The molecule has 0 saturated heterocycles. The quantitative estimate of drug-likeness (QED) is 0.647. The van der Waals surface area contributed by atoms with Gasteiger partial charge in [-0.3, -0.25) is 9.47 Å². The molecule has 5 heteroatoms. The van der Waals surface area contributed by atoms with Crippen LogP contribution in [0.4, 0.5) is 0 Å². The van der Waals surface area contributed by atoms with Gasteiger partial charge in [-0.2, -0.15) is 0 Å². The predicted molar refractivity (Wildman–Crippen MR) is 61.4 cm³/mol. The van der Waals surface area contributed by atoms with E-state index < -0.39 is 12.0 Å². The fourth-order valence-electron chi connectivity index (χ4n) is 1.76. The van der Waals surface area contributed by atoms with Crippen molar-refractivity contribution in [2.45, 2.75) is 12.5 Å². The number of para-hydroxylation sites is 1. The minimum absolute atomic E-state index is 0.278. The van der Waals surface area contributed by atoms with Crippen LogP contribution in [0, 0.1) is 0 Å². The summed E-state index contributed by atoms with van der Waals surface area (Å²) in [6.45, 7) is 0. The van der Waals surface area contributed by atoms with Gasteiger partial charge in [0.25, 0.3) is 0 Å². The van der Waals surface area contributed by atoms with E-state index in [1.807, 2.05) is 24.3 Å². The summed E-state index contributed by atoms with van der Waals surface area (Å²) >= 11 is 0. The van der Waals surface area contributed by atoms with Gasteiger partial charge in [-0.05, 0) is 11.6 Å². The van der Waals surface area contributed by atoms with E-state index >= 15 is 0 Å². The molecule has 0 aliphatic carbocycles. The molecule has 16 heavy (non-hydrogen) atoms. The van der Waals surface area contributed by atoms with E-state index in [0.717, 1.165) is 16.5 Å². The second-order valence-electron chi connectivity index (χ2n) is 3.73. The van der Waals surface area contributed by atoms with Crippen LogP contribution in [0.3, 0.4) is 0 Å². The number of aliphatic carboxylic acids is 1. The first kappa shape index (κ1) is 10.5. The van der Waals surface area contributed by atoms with Gasteiger partial charge in [-0.25, -0.2) is 0 Å². The Bertz CT molecular complexity index is 533. The average Bonchev–Trinajstić information content (AvgIpc) is 2.57. The van der Waals surface area contributed by atoms with Crippen LogP contribution in [-0.4, -0.2) is 21.8 Å². The summed E-state index contributed by atoms with van der Waals surface area (Å²) in [6, 6.07) is 6.66. The van der Waals surface area contributed by atoms with Crippen molar-refractivity contribution in [2.75, 3.05) is 5.84 Å². The molecule has 5 nitrogen and oxygen atoms in total. The average molecular weight is 219 g/mol. The SMILES string of the molecule is NC(Cc1cn(N)c2ccccc12)C(=O)O. The third-order valence-electron chi connectivity index (χ3n) is 2.58. The lowest BCUT2D eigenvalue weighted by molar-refractivity contribution is -0.138. The minimum atomic E-state index is -1.01. The molecule has 1 heterocycles. The van der Waals surface area contributed by atoms with Crippen molar-refractivity contribution in [2.24, 2.45) is 5.73 Å². The zero-order chi connectivity index (χ0) is 11.7. The summed E-state index contributed by atoms with van der Waals surface area (Å²) in [5, 5.41) is 9.71. The van der Waals surface area contributed by atoms with Gasteiger partial charge in [0.1, 0.15) is 6.04 Å². The van der Waals surface area contributed by atoms with Gasteiger partial charge in [-0.15, -0.1) is 0 Å². The topological polar surface area (TPSA) is 94.3 Å². The Morgan fingerprint density at radius 2 is 2.12 bits per heavy atom. The van der Waals surface area contributed by atoms with Gasteiger partial charge in [0, 0.05) is 18.0 Å². The maximum absolute atomic E-state index is 10.7. The molecule has 0 aliphatic rings. The van der Waals surface area contributed by atoms with Crippen molar-refractivity contribution in [3.63, 3.8) is 0 Å². The molecule has 0 saturated carbocycles. The molecule has 84 valence electrons. The van der Waals surface area contributed by atoms with Gasteiger partial charge >= 0.3 is 5.97 Å². The van der Waals surface area contributed by atoms with E-state index in [9.17, 15) is 4.79 Å². The maximum atomic E-state index is 10.7. The first-order valence-corrected chi connectivity index (χ1v) is 4.92. The molecule has 2 rings (SSSR count). The fraction of sp³-hybridized carbons (Fsp3) is 0.182. The summed E-state index contributed by atoms with van der Waals surface area (Å²) < 4.78 is 1.49. The molecular weight excluding hydrogens is 206 g/mol. The number of hydrogen-bond acceptors (Lipinski definition) is 3. The van der Waals surface area contributed by atoms with E-state index in [1.165, 1.54) is 4.68 Å². The molecule has 2 aromatic rings. The monoisotopic (exact) mass is 219 g/mol. The number of hydrogen-bond donors (Lipinski definition) is 3. The largest absolute Gasteiger partial charge is 0.480 e. The van der Waals surface area contributed by atoms with Crippen molar-refractivity contribution in [3.05, 3.63) is 36.0 Å². The van der Waals surface area contributed by atoms with Crippen LogP contribution < -0.4 is 11.6 Å². The number of aromatic nitrogens is 1. The zero-order valence-electron chi connectivity index (χ0n) is 8.63. The number of carboxylic acids is 1. The van der Waals surface area contributed by atoms with Gasteiger partial charge in [0.05, 0.1) is 5.52 Å². The first-order valence-electron chi connectivity index (χ1n) is 4.92. The van der Waals surface area contributed by atoms with Crippen molar-refractivity contribution in [3.8, 4) is 0 Å². The van der Waals surface area contributed by atoms with Crippen LogP contribution in [0.25, 0.3) is 10.9 Å². The highest BCUT2D eigenvalue weighted by atomic mass is 16.4.